The van der Waals surface area contributed by atoms with Crippen molar-refractivity contribution in [2.75, 3.05) is 31.6 Å². The van der Waals surface area contributed by atoms with E-state index in [4.69, 9.17) is 0 Å². The van der Waals surface area contributed by atoms with Gasteiger partial charge in [0.2, 0.25) is 11.8 Å². The van der Waals surface area contributed by atoms with Gasteiger partial charge in [0.25, 0.3) is 0 Å². The van der Waals surface area contributed by atoms with Gasteiger partial charge in [-0.2, -0.15) is 0 Å². The van der Waals surface area contributed by atoms with Crippen molar-refractivity contribution in [1.29, 1.82) is 0 Å². The number of anilines is 1. The average molecular weight is 351 g/mol. The smallest absolute Gasteiger partial charge is 0.241 e. The maximum Gasteiger partial charge on any atom is 0.241 e. The lowest BCUT2D eigenvalue weighted by Gasteiger charge is -2.40. The third-order valence-electron chi connectivity index (χ3n) is 4.83. The van der Waals surface area contributed by atoms with Crippen LogP contribution in [0.4, 0.5) is 5.69 Å². The lowest BCUT2D eigenvalue weighted by molar-refractivity contribution is -0.126. The number of benzene rings is 2. The summed E-state index contributed by atoms with van der Waals surface area (Å²) in [5.41, 5.74) is 3.29. The molecule has 0 aliphatic carbocycles. The number of nitrogens with zero attached hydrogens (tertiary/aromatic N) is 2. The first-order valence-electron chi connectivity index (χ1n) is 8.92. The molecule has 136 valence electrons. The highest BCUT2D eigenvalue weighted by Gasteiger charge is 2.33. The molecule has 1 saturated heterocycles. The zero-order valence-electron chi connectivity index (χ0n) is 15.3. The topological polar surface area (TPSA) is 52.7 Å². The average Bonchev–Trinajstić information content (AvgIpc) is 2.65. The molecule has 1 N–H and O–H groups in total. The third kappa shape index (κ3) is 4.29. The van der Waals surface area contributed by atoms with Crippen molar-refractivity contribution in [2.45, 2.75) is 19.4 Å². The van der Waals surface area contributed by atoms with E-state index >= 15 is 0 Å². The van der Waals surface area contributed by atoms with Crippen LogP contribution in [0.5, 0.6) is 0 Å². The number of hydrogen-bond acceptors (Lipinski definition) is 3. The first kappa shape index (κ1) is 18.1. The molecule has 2 aromatic rings. The van der Waals surface area contributed by atoms with E-state index in [9.17, 15) is 9.59 Å². The van der Waals surface area contributed by atoms with Crippen LogP contribution in [0.15, 0.2) is 54.6 Å². The molecular formula is C21H25N3O2. The summed E-state index contributed by atoms with van der Waals surface area (Å²) in [7, 11) is 1.62. The van der Waals surface area contributed by atoms with Gasteiger partial charge in [0.1, 0.15) is 0 Å². The SMILES string of the molecule is CNC(=O)CN1CC(=O)N(c2ccc(C)cc2)C[C@H]1Cc1ccccc1. The Morgan fingerprint density at radius 3 is 2.46 bits per heavy atom. The van der Waals surface area contributed by atoms with Crippen LogP contribution in [0.3, 0.4) is 0 Å². The number of piperazine rings is 1. The number of likely N-dealkylation sites (N-methyl/N-ethyl adjacent to an activating group) is 1. The number of hydrogen-bond donors (Lipinski definition) is 1. The monoisotopic (exact) mass is 351 g/mol. The van der Waals surface area contributed by atoms with E-state index in [1.807, 2.05) is 59.2 Å². The van der Waals surface area contributed by atoms with Crippen LogP contribution in [-0.2, 0) is 16.0 Å². The Labute approximate surface area is 154 Å². The van der Waals surface area contributed by atoms with Gasteiger partial charge in [-0.3, -0.25) is 14.5 Å². The molecule has 3 rings (SSSR count). The van der Waals surface area contributed by atoms with Crippen LogP contribution < -0.4 is 10.2 Å². The van der Waals surface area contributed by atoms with Crippen LogP contribution >= 0.6 is 0 Å². The minimum Gasteiger partial charge on any atom is -0.358 e. The molecule has 0 radical (unpaired) electrons. The highest BCUT2D eigenvalue weighted by atomic mass is 16.2. The van der Waals surface area contributed by atoms with Crippen molar-refractivity contribution < 1.29 is 9.59 Å². The summed E-state index contributed by atoms with van der Waals surface area (Å²) >= 11 is 0. The van der Waals surface area contributed by atoms with Gasteiger partial charge in [0.15, 0.2) is 0 Å². The van der Waals surface area contributed by atoms with Crippen LogP contribution in [0.25, 0.3) is 0 Å². The van der Waals surface area contributed by atoms with Crippen LogP contribution in [0.1, 0.15) is 11.1 Å². The van der Waals surface area contributed by atoms with E-state index in [-0.39, 0.29) is 30.9 Å². The second-order valence-electron chi connectivity index (χ2n) is 6.76. The fraction of sp³-hybridized carbons (Fsp3) is 0.333. The zero-order chi connectivity index (χ0) is 18.5. The predicted molar refractivity (Wildman–Crippen MR) is 103 cm³/mol. The summed E-state index contributed by atoms with van der Waals surface area (Å²) < 4.78 is 0. The Balaban J connectivity index is 1.82. The summed E-state index contributed by atoms with van der Waals surface area (Å²) in [5.74, 6) is -0.0401. The first-order chi connectivity index (χ1) is 12.6. The van der Waals surface area contributed by atoms with Crippen molar-refractivity contribution in [2.24, 2.45) is 0 Å². The normalized spacial score (nSPS) is 18.0. The molecule has 0 bridgehead atoms. The molecule has 0 spiro atoms. The molecule has 2 amide bonds. The molecule has 1 fully saturated rings. The Bertz CT molecular complexity index is 759. The van der Waals surface area contributed by atoms with Crippen molar-refractivity contribution in [3.05, 3.63) is 65.7 Å². The highest BCUT2D eigenvalue weighted by molar-refractivity contribution is 5.96. The largest absolute Gasteiger partial charge is 0.358 e. The molecular weight excluding hydrogens is 326 g/mol. The summed E-state index contributed by atoms with van der Waals surface area (Å²) in [6, 6.07) is 18.3. The van der Waals surface area contributed by atoms with E-state index in [1.165, 1.54) is 11.1 Å². The summed E-state index contributed by atoms with van der Waals surface area (Å²) in [5, 5.41) is 2.66. The summed E-state index contributed by atoms with van der Waals surface area (Å²) in [4.78, 5) is 28.4. The van der Waals surface area contributed by atoms with Crippen LogP contribution in [0.2, 0.25) is 0 Å². The van der Waals surface area contributed by atoms with Gasteiger partial charge in [-0.05, 0) is 31.0 Å². The standard InChI is InChI=1S/C21H25N3O2/c1-16-8-10-18(11-9-16)24-13-19(12-17-6-4-3-5-7-17)23(15-21(24)26)14-20(25)22-2/h3-11,19H,12-15H2,1-2H3,(H,22,25)/t19-/m1/s1. The fourth-order valence-electron chi connectivity index (χ4n) is 3.32. The maximum atomic E-state index is 12.7. The molecule has 1 aliphatic heterocycles. The van der Waals surface area contributed by atoms with E-state index in [2.05, 4.69) is 17.4 Å². The van der Waals surface area contributed by atoms with Gasteiger partial charge in [0.05, 0.1) is 13.1 Å². The number of nitrogens with one attached hydrogen (secondary N) is 1. The fourth-order valence-corrected chi connectivity index (χ4v) is 3.32. The molecule has 5 nitrogen and oxygen atoms in total. The first-order valence-corrected chi connectivity index (χ1v) is 8.92. The third-order valence-corrected chi connectivity index (χ3v) is 4.83. The highest BCUT2D eigenvalue weighted by Crippen LogP contribution is 2.22. The van der Waals surface area contributed by atoms with E-state index in [0.717, 1.165) is 12.1 Å². The minimum atomic E-state index is -0.0698. The van der Waals surface area contributed by atoms with Crippen LogP contribution in [-0.4, -0.2) is 49.4 Å². The predicted octanol–water partition coefficient (Wildman–Crippen LogP) is 2.00. The van der Waals surface area contributed by atoms with Gasteiger partial charge in [-0.15, -0.1) is 0 Å². The van der Waals surface area contributed by atoms with Crippen molar-refractivity contribution in [3.8, 4) is 0 Å². The minimum absolute atomic E-state index is 0.0297. The Hall–Kier alpha value is -2.66. The van der Waals surface area contributed by atoms with E-state index in [1.54, 1.807) is 7.05 Å². The second-order valence-corrected chi connectivity index (χ2v) is 6.76. The van der Waals surface area contributed by atoms with Crippen molar-refractivity contribution in [3.63, 3.8) is 0 Å². The molecule has 1 atom stereocenters. The van der Waals surface area contributed by atoms with Gasteiger partial charge in [-0.25, -0.2) is 0 Å². The van der Waals surface area contributed by atoms with E-state index < -0.39 is 0 Å². The molecule has 1 heterocycles. The van der Waals surface area contributed by atoms with Gasteiger partial charge >= 0.3 is 0 Å². The number of carbonyl (C=O) groups is 2. The maximum absolute atomic E-state index is 12.7. The molecule has 5 heteroatoms. The van der Waals surface area contributed by atoms with Gasteiger partial charge < -0.3 is 10.2 Å². The molecule has 2 aromatic carbocycles. The van der Waals surface area contributed by atoms with Crippen molar-refractivity contribution >= 4 is 17.5 Å². The summed E-state index contributed by atoms with van der Waals surface area (Å²) in [6.45, 7) is 3.10. The van der Waals surface area contributed by atoms with Gasteiger partial charge in [-0.1, -0.05) is 48.0 Å². The molecule has 26 heavy (non-hydrogen) atoms. The molecule has 1 aliphatic rings. The quantitative estimate of drug-likeness (QED) is 0.896. The molecule has 0 aromatic heterocycles. The number of amides is 2. The van der Waals surface area contributed by atoms with Crippen molar-refractivity contribution in [1.82, 2.24) is 10.2 Å². The lowest BCUT2D eigenvalue weighted by atomic mass is 10.0. The lowest BCUT2D eigenvalue weighted by Crippen LogP contribution is -2.58. The Kier molecular flexibility index (Phi) is 5.68. The number of carbonyl (C=O) groups excluding carboxylic acids is 2. The zero-order valence-corrected chi connectivity index (χ0v) is 15.3. The Morgan fingerprint density at radius 2 is 1.81 bits per heavy atom. The summed E-state index contributed by atoms with van der Waals surface area (Å²) in [6.07, 6.45) is 0.799. The van der Waals surface area contributed by atoms with Gasteiger partial charge in [0, 0.05) is 25.3 Å². The van der Waals surface area contributed by atoms with E-state index in [0.29, 0.717) is 6.54 Å². The molecule has 0 saturated carbocycles. The second kappa shape index (κ2) is 8.15. The molecule has 0 unspecified atom stereocenters. The number of rotatable bonds is 5. The van der Waals surface area contributed by atoms with Crippen LogP contribution in [0, 0.1) is 6.92 Å². The Morgan fingerprint density at radius 1 is 1.12 bits per heavy atom. The number of aryl methyl sites for hydroxylation is 1.